The molecule has 0 aromatic heterocycles. The number of primary sulfonamides is 1. The minimum absolute atomic E-state index is 0.0944. The second-order valence-corrected chi connectivity index (χ2v) is 7.49. The van der Waals surface area contributed by atoms with Crippen LogP contribution < -0.4 is 10.5 Å². The second kappa shape index (κ2) is 6.87. The van der Waals surface area contributed by atoms with Gasteiger partial charge < -0.3 is 10.1 Å². The van der Waals surface area contributed by atoms with E-state index in [0.717, 1.165) is 19.4 Å². The molecular weight excluding hydrogens is 360 g/mol. The molecule has 1 aliphatic rings. The molecule has 1 unspecified atom stereocenters. The van der Waals surface area contributed by atoms with Gasteiger partial charge in [-0.2, -0.15) is 0 Å². The van der Waals surface area contributed by atoms with Crippen molar-refractivity contribution in [3.05, 3.63) is 28.2 Å². The van der Waals surface area contributed by atoms with Crippen molar-refractivity contribution >= 4 is 31.9 Å². The number of amides is 1. The third-order valence-electron chi connectivity index (χ3n) is 3.27. The summed E-state index contributed by atoms with van der Waals surface area (Å²) < 4.78 is 28.6. The number of benzene rings is 1. The van der Waals surface area contributed by atoms with Crippen molar-refractivity contribution < 1.29 is 17.9 Å². The maximum atomic E-state index is 12.1. The molecule has 0 radical (unpaired) electrons. The zero-order valence-corrected chi connectivity index (χ0v) is 13.7. The molecule has 1 atom stereocenters. The normalized spacial score (nSPS) is 19.2. The van der Waals surface area contributed by atoms with E-state index in [1.807, 2.05) is 0 Å². The van der Waals surface area contributed by atoms with Crippen molar-refractivity contribution in [3.63, 3.8) is 0 Å². The number of hydrogen-bond acceptors (Lipinski definition) is 4. The number of rotatable bonds is 4. The molecule has 0 saturated carbocycles. The molecule has 1 fully saturated rings. The highest BCUT2D eigenvalue weighted by Gasteiger charge is 2.17. The van der Waals surface area contributed by atoms with E-state index in [2.05, 4.69) is 21.2 Å². The van der Waals surface area contributed by atoms with E-state index in [1.54, 1.807) is 6.07 Å². The highest BCUT2D eigenvalue weighted by molar-refractivity contribution is 9.10. The van der Waals surface area contributed by atoms with Crippen LogP contribution in [0.5, 0.6) is 0 Å². The molecule has 0 aliphatic carbocycles. The molecule has 1 saturated heterocycles. The van der Waals surface area contributed by atoms with Gasteiger partial charge in [0.2, 0.25) is 10.0 Å². The predicted octanol–water partition coefficient (Wildman–Crippen LogP) is 1.25. The molecule has 3 N–H and O–H groups in total. The first-order chi connectivity index (χ1) is 9.86. The molecule has 1 heterocycles. The molecule has 0 spiro atoms. The topological polar surface area (TPSA) is 98.5 Å². The standard InChI is InChI=1S/C13H17BrN2O4S/c14-11-4-10(5-12(6-11)21(15,18)19)13(17)16-7-9-2-1-3-20-8-9/h4-6,9H,1-3,7-8H2,(H,16,17)(H2,15,18,19). The van der Waals surface area contributed by atoms with Crippen LogP contribution in [0, 0.1) is 5.92 Å². The van der Waals surface area contributed by atoms with Crippen molar-refractivity contribution in [2.75, 3.05) is 19.8 Å². The average Bonchev–Trinajstić information content (AvgIpc) is 2.44. The zero-order chi connectivity index (χ0) is 15.5. The summed E-state index contributed by atoms with van der Waals surface area (Å²) in [6.45, 7) is 1.92. The first kappa shape index (κ1) is 16.4. The molecule has 2 rings (SSSR count). The number of hydrogen-bond donors (Lipinski definition) is 2. The third-order valence-corrected chi connectivity index (χ3v) is 4.62. The molecule has 8 heteroatoms. The van der Waals surface area contributed by atoms with Crippen LogP contribution in [0.15, 0.2) is 27.6 Å². The van der Waals surface area contributed by atoms with Crippen LogP contribution in [-0.4, -0.2) is 34.1 Å². The molecule has 6 nitrogen and oxygen atoms in total. The summed E-state index contributed by atoms with van der Waals surface area (Å²) in [6.07, 6.45) is 2.01. The summed E-state index contributed by atoms with van der Waals surface area (Å²) >= 11 is 3.18. The molecule has 0 bridgehead atoms. The van der Waals surface area contributed by atoms with E-state index < -0.39 is 10.0 Å². The van der Waals surface area contributed by atoms with Gasteiger partial charge in [0.15, 0.2) is 0 Å². The van der Waals surface area contributed by atoms with E-state index in [4.69, 9.17) is 9.88 Å². The predicted molar refractivity (Wildman–Crippen MR) is 81.4 cm³/mol. The minimum Gasteiger partial charge on any atom is -0.381 e. The molecule has 21 heavy (non-hydrogen) atoms. The average molecular weight is 377 g/mol. The number of carbonyl (C=O) groups excluding carboxylic acids is 1. The lowest BCUT2D eigenvalue weighted by Gasteiger charge is -2.22. The van der Waals surface area contributed by atoms with E-state index in [1.165, 1.54) is 12.1 Å². The SMILES string of the molecule is NS(=O)(=O)c1cc(Br)cc(C(=O)NCC2CCCOC2)c1. The molecular formula is C13H17BrN2O4S. The fraction of sp³-hybridized carbons (Fsp3) is 0.462. The van der Waals surface area contributed by atoms with E-state index in [0.29, 0.717) is 23.5 Å². The van der Waals surface area contributed by atoms with Gasteiger partial charge in [0, 0.05) is 23.2 Å². The fourth-order valence-corrected chi connectivity index (χ4v) is 3.39. The number of halogens is 1. The van der Waals surface area contributed by atoms with Crippen LogP contribution >= 0.6 is 15.9 Å². The summed E-state index contributed by atoms with van der Waals surface area (Å²) in [5.74, 6) is -0.0284. The van der Waals surface area contributed by atoms with Crippen LogP contribution in [-0.2, 0) is 14.8 Å². The van der Waals surface area contributed by atoms with Gasteiger partial charge in [-0.1, -0.05) is 15.9 Å². The number of carbonyl (C=O) groups is 1. The summed E-state index contributed by atoms with van der Waals surface area (Å²) in [6, 6.07) is 4.19. The quantitative estimate of drug-likeness (QED) is 0.825. The van der Waals surface area contributed by atoms with Crippen LogP contribution in [0.25, 0.3) is 0 Å². The zero-order valence-electron chi connectivity index (χ0n) is 11.3. The highest BCUT2D eigenvalue weighted by atomic mass is 79.9. The Morgan fingerprint density at radius 1 is 1.43 bits per heavy atom. The summed E-state index contributed by atoms with van der Waals surface area (Å²) in [5.41, 5.74) is 0.255. The summed E-state index contributed by atoms with van der Waals surface area (Å²) in [4.78, 5) is 12.0. The van der Waals surface area contributed by atoms with Crippen molar-refractivity contribution in [3.8, 4) is 0 Å². The van der Waals surface area contributed by atoms with Crippen molar-refractivity contribution in [1.29, 1.82) is 0 Å². The van der Waals surface area contributed by atoms with Gasteiger partial charge >= 0.3 is 0 Å². The molecule has 1 aromatic rings. The number of nitrogens with two attached hydrogens (primary N) is 1. The van der Waals surface area contributed by atoms with Crippen molar-refractivity contribution in [2.24, 2.45) is 11.1 Å². The Balaban J connectivity index is 2.06. The number of ether oxygens (including phenoxy) is 1. The van der Waals surface area contributed by atoms with E-state index in [-0.39, 0.29) is 16.4 Å². The van der Waals surface area contributed by atoms with Crippen molar-refractivity contribution in [1.82, 2.24) is 5.32 Å². The third kappa shape index (κ3) is 4.77. The van der Waals surface area contributed by atoms with Gasteiger partial charge in [-0.3, -0.25) is 4.79 Å². The van der Waals surface area contributed by atoms with Gasteiger partial charge in [0.25, 0.3) is 5.91 Å². The maximum Gasteiger partial charge on any atom is 0.251 e. The smallest absolute Gasteiger partial charge is 0.251 e. The lowest BCUT2D eigenvalue weighted by molar-refractivity contribution is 0.0536. The van der Waals surface area contributed by atoms with E-state index >= 15 is 0 Å². The lowest BCUT2D eigenvalue weighted by Crippen LogP contribution is -2.33. The Morgan fingerprint density at radius 2 is 2.19 bits per heavy atom. The van der Waals surface area contributed by atoms with Crippen LogP contribution in [0.4, 0.5) is 0 Å². The minimum atomic E-state index is -3.85. The first-order valence-electron chi connectivity index (χ1n) is 6.55. The lowest BCUT2D eigenvalue weighted by atomic mass is 10.0. The van der Waals surface area contributed by atoms with Gasteiger partial charge in [0.05, 0.1) is 11.5 Å². The maximum absolute atomic E-state index is 12.1. The van der Waals surface area contributed by atoms with Crippen LogP contribution in [0.1, 0.15) is 23.2 Å². The van der Waals surface area contributed by atoms with Crippen LogP contribution in [0.3, 0.4) is 0 Å². The molecule has 1 amide bonds. The van der Waals surface area contributed by atoms with Crippen LogP contribution in [0.2, 0.25) is 0 Å². The highest BCUT2D eigenvalue weighted by Crippen LogP contribution is 2.19. The Hall–Kier alpha value is -0.960. The summed E-state index contributed by atoms with van der Waals surface area (Å²) in [5, 5.41) is 7.89. The molecule has 1 aromatic carbocycles. The van der Waals surface area contributed by atoms with Gasteiger partial charge in [0.1, 0.15) is 0 Å². The molecule has 116 valence electrons. The van der Waals surface area contributed by atoms with Gasteiger partial charge in [-0.25, -0.2) is 13.6 Å². The Morgan fingerprint density at radius 3 is 2.81 bits per heavy atom. The Bertz CT molecular complexity index is 627. The van der Waals surface area contributed by atoms with Crippen molar-refractivity contribution in [2.45, 2.75) is 17.7 Å². The molecule has 1 aliphatic heterocycles. The second-order valence-electron chi connectivity index (χ2n) is 5.01. The largest absolute Gasteiger partial charge is 0.381 e. The van der Waals surface area contributed by atoms with E-state index in [9.17, 15) is 13.2 Å². The van der Waals surface area contributed by atoms with Gasteiger partial charge in [-0.15, -0.1) is 0 Å². The monoisotopic (exact) mass is 376 g/mol. The number of sulfonamides is 1. The fourth-order valence-electron chi connectivity index (χ4n) is 2.17. The Labute approximate surface area is 132 Å². The van der Waals surface area contributed by atoms with Gasteiger partial charge in [-0.05, 0) is 37.0 Å². The number of nitrogens with one attached hydrogen (secondary N) is 1. The summed E-state index contributed by atoms with van der Waals surface area (Å²) in [7, 11) is -3.85. The first-order valence-corrected chi connectivity index (χ1v) is 8.89. The Kier molecular flexibility index (Phi) is 5.37.